The zero-order chi connectivity index (χ0) is 20.4. The van der Waals surface area contributed by atoms with E-state index in [1.807, 2.05) is 23.6 Å². The third-order valence-electron chi connectivity index (χ3n) is 4.47. The second kappa shape index (κ2) is 8.14. The van der Waals surface area contributed by atoms with Crippen LogP contribution in [0.3, 0.4) is 0 Å². The van der Waals surface area contributed by atoms with Gasteiger partial charge in [0.15, 0.2) is 0 Å². The number of thiazole rings is 1. The predicted molar refractivity (Wildman–Crippen MR) is 113 cm³/mol. The molecule has 1 N–H and O–H groups in total. The molecule has 0 spiro atoms. The van der Waals surface area contributed by atoms with Gasteiger partial charge in [0.2, 0.25) is 17.7 Å². The Hall–Kier alpha value is -3.03. The molecule has 2 heterocycles. The molecule has 0 bridgehead atoms. The summed E-state index contributed by atoms with van der Waals surface area (Å²) in [5.41, 5.74) is 2.25. The molecule has 4 rings (SSSR count). The van der Waals surface area contributed by atoms with E-state index in [9.17, 15) is 14.4 Å². The molecule has 2 aromatic carbocycles. The zero-order valence-corrected chi connectivity index (χ0v) is 16.8. The number of aromatic nitrogens is 1. The van der Waals surface area contributed by atoms with Gasteiger partial charge in [0, 0.05) is 23.8 Å². The van der Waals surface area contributed by atoms with Gasteiger partial charge >= 0.3 is 0 Å². The molecule has 0 unspecified atom stereocenters. The monoisotopic (exact) mass is 425 g/mol. The van der Waals surface area contributed by atoms with E-state index in [1.165, 1.54) is 11.3 Å². The van der Waals surface area contributed by atoms with Gasteiger partial charge in [-0.3, -0.25) is 14.4 Å². The molecule has 1 saturated heterocycles. The SMILES string of the molecule is O=C(Cc1csc(-c2ccccc2Cl)n1)Nc1ccccc1N1C(=O)CCC1=O. The largest absolute Gasteiger partial charge is 0.324 e. The Labute approximate surface area is 176 Å². The van der Waals surface area contributed by atoms with E-state index in [2.05, 4.69) is 10.3 Å². The minimum absolute atomic E-state index is 0.0666. The Morgan fingerprint density at radius 3 is 2.52 bits per heavy atom. The number of carbonyl (C=O) groups excluding carboxylic acids is 3. The Balaban J connectivity index is 1.50. The molecule has 3 aromatic rings. The number of benzene rings is 2. The molecular formula is C21H16ClN3O3S. The van der Waals surface area contributed by atoms with Crippen molar-refractivity contribution in [1.82, 2.24) is 4.98 Å². The fourth-order valence-corrected chi connectivity index (χ4v) is 4.26. The fourth-order valence-electron chi connectivity index (χ4n) is 3.13. The van der Waals surface area contributed by atoms with E-state index in [4.69, 9.17) is 11.6 Å². The van der Waals surface area contributed by atoms with Crippen molar-refractivity contribution < 1.29 is 14.4 Å². The van der Waals surface area contributed by atoms with Crippen LogP contribution in [0, 0.1) is 0 Å². The summed E-state index contributed by atoms with van der Waals surface area (Å²) in [6, 6.07) is 14.2. The Morgan fingerprint density at radius 1 is 1.07 bits per heavy atom. The van der Waals surface area contributed by atoms with Crippen LogP contribution >= 0.6 is 22.9 Å². The number of rotatable bonds is 5. The average molecular weight is 426 g/mol. The number of amides is 3. The molecule has 1 aliphatic rings. The first kappa shape index (κ1) is 19.3. The number of carbonyl (C=O) groups is 3. The molecular weight excluding hydrogens is 410 g/mol. The lowest BCUT2D eigenvalue weighted by Gasteiger charge is -2.18. The predicted octanol–water partition coefficient (Wildman–Crippen LogP) is 4.30. The Bertz CT molecular complexity index is 1100. The topological polar surface area (TPSA) is 79.4 Å². The van der Waals surface area contributed by atoms with E-state index in [0.717, 1.165) is 15.5 Å². The van der Waals surface area contributed by atoms with Crippen LogP contribution in [-0.4, -0.2) is 22.7 Å². The smallest absolute Gasteiger partial charge is 0.234 e. The lowest BCUT2D eigenvalue weighted by Crippen LogP contribution is -2.30. The highest BCUT2D eigenvalue weighted by atomic mass is 35.5. The van der Waals surface area contributed by atoms with Gasteiger partial charge in [-0.1, -0.05) is 41.9 Å². The van der Waals surface area contributed by atoms with E-state index < -0.39 is 0 Å². The molecule has 0 aliphatic carbocycles. The number of nitrogens with one attached hydrogen (secondary N) is 1. The quantitative estimate of drug-likeness (QED) is 0.618. The summed E-state index contributed by atoms with van der Waals surface area (Å²) in [4.78, 5) is 42.3. The molecule has 1 fully saturated rings. The first-order chi connectivity index (χ1) is 14.0. The van der Waals surface area contributed by atoms with Gasteiger partial charge in [-0.2, -0.15) is 0 Å². The summed E-state index contributed by atoms with van der Waals surface area (Å²) in [7, 11) is 0. The first-order valence-electron chi connectivity index (χ1n) is 8.97. The fraction of sp³-hybridized carbons (Fsp3) is 0.143. The highest BCUT2D eigenvalue weighted by molar-refractivity contribution is 7.13. The molecule has 0 radical (unpaired) electrons. The van der Waals surface area contributed by atoms with Crippen molar-refractivity contribution in [2.24, 2.45) is 0 Å². The van der Waals surface area contributed by atoms with E-state index in [0.29, 0.717) is 22.1 Å². The molecule has 146 valence electrons. The van der Waals surface area contributed by atoms with Crippen LogP contribution in [0.4, 0.5) is 11.4 Å². The summed E-state index contributed by atoms with van der Waals surface area (Å²) in [5, 5.41) is 5.95. The lowest BCUT2D eigenvalue weighted by molar-refractivity contribution is -0.121. The highest BCUT2D eigenvalue weighted by Crippen LogP contribution is 2.31. The third kappa shape index (κ3) is 4.06. The van der Waals surface area contributed by atoms with Gasteiger partial charge in [0.1, 0.15) is 5.01 Å². The maximum atomic E-state index is 12.6. The Kier molecular flexibility index (Phi) is 5.42. The summed E-state index contributed by atoms with van der Waals surface area (Å²) < 4.78 is 0. The number of hydrogen-bond acceptors (Lipinski definition) is 5. The molecule has 8 heteroatoms. The van der Waals surface area contributed by atoms with Crippen molar-refractivity contribution in [3.8, 4) is 10.6 Å². The van der Waals surface area contributed by atoms with Crippen LogP contribution in [0.5, 0.6) is 0 Å². The average Bonchev–Trinajstić information content (AvgIpc) is 3.29. The van der Waals surface area contributed by atoms with Gasteiger partial charge in [-0.15, -0.1) is 11.3 Å². The van der Waals surface area contributed by atoms with Crippen molar-refractivity contribution in [2.45, 2.75) is 19.3 Å². The van der Waals surface area contributed by atoms with Crippen LogP contribution in [0.2, 0.25) is 5.02 Å². The van der Waals surface area contributed by atoms with Crippen molar-refractivity contribution in [2.75, 3.05) is 10.2 Å². The van der Waals surface area contributed by atoms with Crippen molar-refractivity contribution >= 4 is 52.0 Å². The second-order valence-electron chi connectivity index (χ2n) is 6.49. The minimum atomic E-state index is -0.285. The van der Waals surface area contributed by atoms with Crippen molar-refractivity contribution in [3.63, 3.8) is 0 Å². The summed E-state index contributed by atoms with van der Waals surface area (Å²) >= 11 is 7.63. The molecule has 6 nitrogen and oxygen atoms in total. The van der Waals surface area contributed by atoms with Crippen molar-refractivity contribution in [1.29, 1.82) is 0 Å². The number of imide groups is 1. The molecule has 3 amide bonds. The summed E-state index contributed by atoms with van der Waals surface area (Å²) in [6.45, 7) is 0. The molecule has 29 heavy (non-hydrogen) atoms. The normalized spacial score (nSPS) is 13.8. The standard InChI is InChI=1S/C21H16ClN3O3S/c22-15-6-2-1-5-14(15)21-23-13(12-29-21)11-18(26)24-16-7-3-4-8-17(16)25-19(27)9-10-20(25)28/h1-8,12H,9-11H2,(H,24,26). The number of halogens is 1. The van der Waals surface area contributed by atoms with Gasteiger partial charge in [0.25, 0.3) is 0 Å². The van der Waals surface area contributed by atoms with Gasteiger partial charge in [0.05, 0.1) is 28.5 Å². The molecule has 1 aliphatic heterocycles. The third-order valence-corrected chi connectivity index (χ3v) is 5.72. The van der Waals surface area contributed by atoms with Gasteiger partial charge < -0.3 is 5.32 Å². The number of nitrogens with zero attached hydrogens (tertiary/aromatic N) is 2. The van der Waals surface area contributed by atoms with Crippen molar-refractivity contribution in [3.05, 3.63) is 64.6 Å². The second-order valence-corrected chi connectivity index (χ2v) is 7.75. The molecule has 0 atom stereocenters. The number of para-hydroxylation sites is 2. The molecule has 1 aromatic heterocycles. The summed E-state index contributed by atoms with van der Waals surface area (Å²) in [5.74, 6) is -0.811. The van der Waals surface area contributed by atoms with Crippen LogP contribution in [0.1, 0.15) is 18.5 Å². The van der Waals surface area contributed by atoms with Crippen LogP contribution in [0.25, 0.3) is 10.6 Å². The highest BCUT2D eigenvalue weighted by Gasteiger charge is 2.31. The number of hydrogen-bond donors (Lipinski definition) is 1. The zero-order valence-electron chi connectivity index (χ0n) is 15.2. The number of anilines is 2. The maximum absolute atomic E-state index is 12.6. The van der Waals surface area contributed by atoms with Gasteiger partial charge in [-0.25, -0.2) is 9.88 Å². The van der Waals surface area contributed by atoms with Crippen LogP contribution < -0.4 is 10.2 Å². The minimum Gasteiger partial charge on any atom is -0.324 e. The summed E-state index contributed by atoms with van der Waals surface area (Å²) in [6.07, 6.45) is 0.437. The Morgan fingerprint density at radius 2 is 1.76 bits per heavy atom. The van der Waals surface area contributed by atoms with Crippen LogP contribution in [-0.2, 0) is 20.8 Å². The molecule has 0 saturated carbocycles. The van der Waals surface area contributed by atoms with Gasteiger partial charge in [-0.05, 0) is 18.2 Å². The lowest BCUT2D eigenvalue weighted by atomic mass is 10.2. The van der Waals surface area contributed by atoms with Crippen LogP contribution in [0.15, 0.2) is 53.9 Å². The van der Waals surface area contributed by atoms with E-state index >= 15 is 0 Å². The van der Waals surface area contributed by atoms with E-state index in [1.54, 1.807) is 30.3 Å². The first-order valence-corrected chi connectivity index (χ1v) is 10.2. The van der Waals surface area contributed by atoms with E-state index in [-0.39, 0.29) is 37.0 Å². The maximum Gasteiger partial charge on any atom is 0.234 e.